The predicted molar refractivity (Wildman–Crippen MR) is 69.3 cm³/mol. The Morgan fingerprint density at radius 2 is 1.88 bits per heavy atom. The first-order chi connectivity index (χ1) is 7.59. The van der Waals surface area contributed by atoms with Crippen molar-refractivity contribution < 1.29 is 4.74 Å². The van der Waals surface area contributed by atoms with Crippen LogP contribution in [-0.2, 0) is 0 Å². The van der Waals surface area contributed by atoms with E-state index in [-0.39, 0.29) is 5.60 Å². The highest BCUT2D eigenvalue weighted by Gasteiger charge is 2.23. The van der Waals surface area contributed by atoms with E-state index in [1.165, 1.54) is 0 Å². The molecule has 2 nitrogen and oxygen atoms in total. The van der Waals surface area contributed by atoms with E-state index < -0.39 is 0 Å². The van der Waals surface area contributed by atoms with Crippen LogP contribution < -0.4 is 10.1 Å². The second kappa shape index (κ2) is 6.12. The summed E-state index contributed by atoms with van der Waals surface area (Å²) in [6.45, 7) is 8.15. The Morgan fingerprint density at radius 1 is 1.25 bits per heavy atom. The Hall–Kier alpha value is -0.730. The van der Waals surface area contributed by atoms with Gasteiger partial charge in [-0.1, -0.05) is 25.4 Å². The molecule has 16 heavy (non-hydrogen) atoms. The Balaban J connectivity index is 2.64. The second-order valence-electron chi connectivity index (χ2n) is 4.14. The van der Waals surface area contributed by atoms with Gasteiger partial charge in [-0.3, -0.25) is 0 Å². The molecule has 0 amide bonds. The van der Waals surface area contributed by atoms with Gasteiger partial charge in [0, 0.05) is 11.6 Å². The SMILES string of the molecule is CCNCC(C)(CC)Oc1ccc(Cl)cc1. The van der Waals surface area contributed by atoms with Crippen molar-refractivity contribution in [1.82, 2.24) is 5.32 Å². The van der Waals surface area contributed by atoms with Crippen LogP contribution in [0.5, 0.6) is 5.75 Å². The maximum Gasteiger partial charge on any atom is 0.120 e. The minimum absolute atomic E-state index is 0.163. The minimum Gasteiger partial charge on any atom is -0.486 e. The van der Waals surface area contributed by atoms with Gasteiger partial charge in [0.05, 0.1) is 0 Å². The van der Waals surface area contributed by atoms with Crippen molar-refractivity contribution in [1.29, 1.82) is 0 Å². The van der Waals surface area contributed by atoms with E-state index >= 15 is 0 Å². The van der Waals surface area contributed by atoms with E-state index in [0.717, 1.165) is 30.3 Å². The molecule has 0 saturated heterocycles. The van der Waals surface area contributed by atoms with Crippen LogP contribution in [0.3, 0.4) is 0 Å². The van der Waals surface area contributed by atoms with Gasteiger partial charge in [0.25, 0.3) is 0 Å². The molecule has 0 aromatic heterocycles. The van der Waals surface area contributed by atoms with E-state index in [9.17, 15) is 0 Å². The maximum absolute atomic E-state index is 5.99. The van der Waals surface area contributed by atoms with Crippen molar-refractivity contribution in [2.45, 2.75) is 32.8 Å². The molecule has 90 valence electrons. The fourth-order valence-electron chi connectivity index (χ4n) is 1.41. The van der Waals surface area contributed by atoms with E-state index in [4.69, 9.17) is 16.3 Å². The number of hydrogen-bond donors (Lipinski definition) is 1. The molecule has 1 aromatic carbocycles. The highest BCUT2D eigenvalue weighted by molar-refractivity contribution is 6.30. The molecule has 0 radical (unpaired) electrons. The highest BCUT2D eigenvalue weighted by Crippen LogP contribution is 2.22. The zero-order chi connectivity index (χ0) is 12.0. The molecule has 0 spiro atoms. The first-order valence-electron chi connectivity index (χ1n) is 5.75. The lowest BCUT2D eigenvalue weighted by atomic mass is 10.0. The molecule has 1 unspecified atom stereocenters. The highest BCUT2D eigenvalue weighted by atomic mass is 35.5. The van der Waals surface area contributed by atoms with Gasteiger partial charge in [0.15, 0.2) is 0 Å². The summed E-state index contributed by atoms with van der Waals surface area (Å²) >= 11 is 5.83. The van der Waals surface area contributed by atoms with Crippen LogP contribution in [0.4, 0.5) is 0 Å². The van der Waals surface area contributed by atoms with E-state index in [1.54, 1.807) is 0 Å². The Morgan fingerprint density at radius 3 is 2.38 bits per heavy atom. The number of hydrogen-bond acceptors (Lipinski definition) is 2. The van der Waals surface area contributed by atoms with Gasteiger partial charge in [0.2, 0.25) is 0 Å². The molecule has 0 aliphatic heterocycles. The Bertz CT molecular complexity index is 312. The summed E-state index contributed by atoms with van der Waals surface area (Å²) in [5.74, 6) is 0.867. The third-order valence-corrected chi connectivity index (χ3v) is 2.93. The van der Waals surface area contributed by atoms with E-state index in [1.807, 2.05) is 24.3 Å². The number of likely N-dealkylation sites (N-methyl/N-ethyl adjacent to an activating group) is 1. The van der Waals surface area contributed by atoms with Gasteiger partial charge < -0.3 is 10.1 Å². The summed E-state index contributed by atoms with van der Waals surface area (Å²) in [5.41, 5.74) is -0.163. The van der Waals surface area contributed by atoms with E-state index in [0.29, 0.717) is 0 Å². The minimum atomic E-state index is -0.163. The molecule has 0 bridgehead atoms. The average molecular weight is 242 g/mol. The summed E-state index contributed by atoms with van der Waals surface area (Å²) in [5, 5.41) is 4.05. The van der Waals surface area contributed by atoms with Crippen molar-refractivity contribution in [3.05, 3.63) is 29.3 Å². The summed E-state index contributed by atoms with van der Waals surface area (Å²) < 4.78 is 5.99. The van der Waals surface area contributed by atoms with Crippen molar-refractivity contribution in [2.75, 3.05) is 13.1 Å². The average Bonchev–Trinajstić information content (AvgIpc) is 2.30. The molecule has 1 N–H and O–H groups in total. The fraction of sp³-hybridized carbons (Fsp3) is 0.538. The lowest BCUT2D eigenvalue weighted by Gasteiger charge is -2.30. The van der Waals surface area contributed by atoms with Crippen LogP contribution in [-0.4, -0.2) is 18.7 Å². The van der Waals surface area contributed by atoms with Crippen molar-refractivity contribution in [2.24, 2.45) is 0 Å². The molecule has 0 aliphatic carbocycles. The van der Waals surface area contributed by atoms with Crippen LogP contribution in [0, 0.1) is 0 Å². The molecule has 1 atom stereocenters. The monoisotopic (exact) mass is 241 g/mol. The molecular formula is C13H20ClNO. The topological polar surface area (TPSA) is 21.3 Å². The summed E-state index contributed by atoms with van der Waals surface area (Å²) in [7, 11) is 0. The number of rotatable bonds is 6. The summed E-state index contributed by atoms with van der Waals surface area (Å²) in [6.07, 6.45) is 0.961. The molecular weight excluding hydrogens is 222 g/mol. The number of benzene rings is 1. The molecule has 3 heteroatoms. The first kappa shape index (κ1) is 13.3. The largest absolute Gasteiger partial charge is 0.486 e. The van der Waals surface area contributed by atoms with Gasteiger partial charge in [-0.25, -0.2) is 0 Å². The first-order valence-corrected chi connectivity index (χ1v) is 6.12. The Kier molecular flexibility index (Phi) is 5.10. The standard InChI is InChI=1S/C13H20ClNO/c1-4-13(3,10-15-5-2)16-12-8-6-11(14)7-9-12/h6-9,15H,4-5,10H2,1-3H3. The smallest absolute Gasteiger partial charge is 0.120 e. The lowest BCUT2D eigenvalue weighted by molar-refractivity contribution is 0.0842. The third kappa shape index (κ3) is 4.03. The quantitative estimate of drug-likeness (QED) is 0.823. The number of ether oxygens (including phenoxy) is 1. The second-order valence-corrected chi connectivity index (χ2v) is 4.58. The molecule has 1 aromatic rings. The molecule has 1 rings (SSSR count). The third-order valence-electron chi connectivity index (χ3n) is 2.67. The zero-order valence-electron chi connectivity index (χ0n) is 10.2. The van der Waals surface area contributed by atoms with Gasteiger partial charge in [-0.15, -0.1) is 0 Å². The van der Waals surface area contributed by atoms with Crippen LogP contribution in [0.25, 0.3) is 0 Å². The molecule has 0 saturated carbocycles. The van der Waals surface area contributed by atoms with Crippen LogP contribution in [0.1, 0.15) is 27.2 Å². The van der Waals surface area contributed by atoms with Gasteiger partial charge >= 0.3 is 0 Å². The van der Waals surface area contributed by atoms with Crippen molar-refractivity contribution in [3.8, 4) is 5.75 Å². The number of halogens is 1. The van der Waals surface area contributed by atoms with Crippen LogP contribution in [0.2, 0.25) is 5.02 Å². The van der Waals surface area contributed by atoms with E-state index in [2.05, 4.69) is 26.1 Å². The molecule has 0 fully saturated rings. The Labute approximate surface area is 103 Å². The normalized spacial score (nSPS) is 14.5. The summed E-state index contributed by atoms with van der Waals surface area (Å²) in [4.78, 5) is 0. The van der Waals surface area contributed by atoms with Crippen molar-refractivity contribution in [3.63, 3.8) is 0 Å². The molecule has 0 aliphatic rings. The molecule has 0 heterocycles. The zero-order valence-corrected chi connectivity index (χ0v) is 11.0. The van der Waals surface area contributed by atoms with Gasteiger partial charge in [-0.05, 0) is 44.2 Å². The van der Waals surface area contributed by atoms with Crippen LogP contribution >= 0.6 is 11.6 Å². The predicted octanol–water partition coefficient (Wildman–Crippen LogP) is 3.50. The maximum atomic E-state index is 5.99. The fourth-order valence-corrected chi connectivity index (χ4v) is 1.54. The lowest BCUT2D eigenvalue weighted by Crippen LogP contribution is -2.42. The summed E-state index contributed by atoms with van der Waals surface area (Å²) in [6, 6.07) is 7.50. The van der Waals surface area contributed by atoms with Crippen LogP contribution in [0.15, 0.2) is 24.3 Å². The number of nitrogens with one attached hydrogen (secondary N) is 1. The van der Waals surface area contributed by atoms with Gasteiger partial charge in [0.1, 0.15) is 11.4 Å². The van der Waals surface area contributed by atoms with Gasteiger partial charge in [-0.2, -0.15) is 0 Å². The van der Waals surface area contributed by atoms with Crippen molar-refractivity contribution >= 4 is 11.6 Å².